The van der Waals surface area contributed by atoms with Gasteiger partial charge in [-0.1, -0.05) is 22.0 Å². The minimum absolute atomic E-state index is 0.320. The van der Waals surface area contributed by atoms with E-state index in [-0.39, 0.29) is 0 Å². The van der Waals surface area contributed by atoms with Crippen molar-refractivity contribution < 1.29 is 0 Å². The van der Waals surface area contributed by atoms with Crippen LogP contribution in [0.15, 0.2) is 28.9 Å². The summed E-state index contributed by atoms with van der Waals surface area (Å²) in [6.45, 7) is 0.379. The largest absolute Gasteiger partial charge is 0.382 e. The van der Waals surface area contributed by atoms with Crippen molar-refractivity contribution in [2.45, 2.75) is 6.54 Å². The lowest BCUT2D eigenvalue weighted by Crippen LogP contribution is -2.08. The van der Waals surface area contributed by atoms with E-state index >= 15 is 0 Å². The van der Waals surface area contributed by atoms with E-state index in [0.717, 1.165) is 15.7 Å². The van der Waals surface area contributed by atoms with Crippen LogP contribution < -0.4 is 11.5 Å². The van der Waals surface area contributed by atoms with E-state index in [9.17, 15) is 0 Å². The van der Waals surface area contributed by atoms with E-state index in [1.807, 2.05) is 24.3 Å². The summed E-state index contributed by atoms with van der Waals surface area (Å²) in [5.74, 6) is 0.320. The highest BCUT2D eigenvalue weighted by Gasteiger charge is 2.11. The normalized spacial score (nSPS) is 10.2. The highest BCUT2D eigenvalue weighted by atomic mass is 79.9. The lowest BCUT2D eigenvalue weighted by Gasteiger charge is -2.10. The first-order valence-electron chi connectivity index (χ1n) is 4.90. The van der Waals surface area contributed by atoms with Gasteiger partial charge >= 0.3 is 0 Å². The molecule has 0 aliphatic carbocycles. The molecule has 86 valence electrons. The molecule has 0 aliphatic heterocycles. The fourth-order valence-corrected chi connectivity index (χ4v) is 1.89. The number of nitrogen functional groups attached to an aromatic ring is 1. The highest BCUT2D eigenvalue weighted by molar-refractivity contribution is 9.10. The molecule has 0 saturated carbocycles. The molecular weight excluding hydrogens is 282 g/mol. The van der Waals surface area contributed by atoms with E-state index in [2.05, 4.69) is 21.0 Å². The van der Waals surface area contributed by atoms with Crippen molar-refractivity contribution >= 4 is 21.7 Å². The van der Waals surface area contributed by atoms with Crippen LogP contribution in [0.4, 0.5) is 5.82 Å². The van der Waals surface area contributed by atoms with Crippen molar-refractivity contribution in [3.8, 4) is 11.8 Å². The van der Waals surface area contributed by atoms with Gasteiger partial charge in [-0.25, -0.2) is 4.68 Å². The Hall–Kier alpha value is -1.84. The molecular formula is C11H10BrN5. The smallest absolute Gasteiger partial charge is 0.145 e. The summed E-state index contributed by atoms with van der Waals surface area (Å²) in [5.41, 5.74) is 13.5. The Morgan fingerprint density at radius 1 is 1.47 bits per heavy atom. The first-order valence-corrected chi connectivity index (χ1v) is 5.69. The van der Waals surface area contributed by atoms with Crippen LogP contribution in [0.2, 0.25) is 0 Å². The predicted octanol–water partition coefficient (Wildman–Crippen LogP) is 1.55. The molecule has 2 rings (SSSR count). The molecule has 0 spiro atoms. The maximum Gasteiger partial charge on any atom is 0.145 e. The van der Waals surface area contributed by atoms with Gasteiger partial charge in [0.2, 0.25) is 0 Å². The van der Waals surface area contributed by atoms with E-state index in [4.69, 9.17) is 16.7 Å². The first-order chi connectivity index (χ1) is 8.17. The Balaban J connectivity index is 2.63. The minimum Gasteiger partial charge on any atom is -0.382 e. The summed E-state index contributed by atoms with van der Waals surface area (Å²) in [7, 11) is 0. The van der Waals surface area contributed by atoms with Gasteiger partial charge in [-0.15, -0.1) is 0 Å². The molecule has 0 saturated heterocycles. The lowest BCUT2D eigenvalue weighted by molar-refractivity contribution is 0.867. The van der Waals surface area contributed by atoms with Crippen LogP contribution in [0.3, 0.4) is 0 Å². The molecule has 0 atom stereocenters. The molecule has 1 aromatic carbocycles. The molecule has 0 bridgehead atoms. The maximum absolute atomic E-state index is 8.84. The SMILES string of the molecule is N#Cc1cnn(-c2cc(Br)ccc2CN)c1N. The molecule has 4 N–H and O–H groups in total. The van der Waals surface area contributed by atoms with Crippen molar-refractivity contribution in [2.75, 3.05) is 5.73 Å². The fourth-order valence-electron chi connectivity index (χ4n) is 1.54. The van der Waals surface area contributed by atoms with Crippen LogP contribution in [-0.4, -0.2) is 9.78 Å². The molecule has 2 aromatic rings. The van der Waals surface area contributed by atoms with Gasteiger partial charge in [0.15, 0.2) is 0 Å². The van der Waals surface area contributed by atoms with E-state index in [1.165, 1.54) is 10.9 Å². The van der Waals surface area contributed by atoms with Crippen molar-refractivity contribution in [1.82, 2.24) is 9.78 Å². The number of hydrogen-bond donors (Lipinski definition) is 2. The molecule has 0 amide bonds. The average molecular weight is 292 g/mol. The molecule has 0 unspecified atom stereocenters. The summed E-state index contributed by atoms with van der Waals surface area (Å²) in [6.07, 6.45) is 1.44. The van der Waals surface area contributed by atoms with Gasteiger partial charge in [-0.3, -0.25) is 0 Å². The Labute approximate surface area is 107 Å². The number of nitrogens with zero attached hydrogens (tertiary/aromatic N) is 3. The summed E-state index contributed by atoms with van der Waals surface area (Å²) in [4.78, 5) is 0. The van der Waals surface area contributed by atoms with Crippen LogP contribution in [0, 0.1) is 11.3 Å². The molecule has 0 radical (unpaired) electrons. The highest BCUT2D eigenvalue weighted by Crippen LogP contribution is 2.23. The summed E-state index contributed by atoms with van der Waals surface area (Å²) in [6, 6.07) is 7.65. The van der Waals surface area contributed by atoms with Crippen molar-refractivity contribution in [3.05, 3.63) is 40.0 Å². The van der Waals surface area contributed by atoms with Gasteiger partial charge in [0, 0.05) is 11.0 Å². The first kappa shape index (κ1) is 11.6. The third kappa shape index (κ3) is 2.02. The zero-order valence-corrected chi connectivity index (χ0v) is 10.5. The zero-order chi connectivity index (χ0) is 12.4. The second-order valence-electron chi connectivity index (χ2n) is 3.44. The lowest BCUT2D eigenvalue weighted by atomic mass is 10.2. The molecule has 17 heavy (non-hydrogen) atoms. The van der Waals surface area contributed by atoms with E-state index in [0.29, 0.717) is 17.9 Å². The molecule has 0 aliphatic rings. The van der Waals surface area contributed by atoms with Crippen molar-refractivity contribution in [2.24, 2.45) is 5.73 Å². The molecule has 1 aromatic heterocycles. The number of hydrogen-bond acceptors (Lipinski definition) is 4. The quantitative estimate of drug-likeness (QED) is 0.878. The Kier molecular flexibility index (Phi) is 3.13. The number of halogens is 1. The van der Waals surface area contributed by atoms with Crippen LogP contribution in [0.5, 0.6) is 0 Å². The van der Waals surface area contributed by atoms with Gasteiger partial charge in [-0.05, 0) is 17.7 Å². The van der Waals surface area contributed by atoms with Gasteiger partial charge in [0.25, 0.3) is 0 Å². The van der Waals surface area contributed by atoms with E-state index < -0.39 is 0 Å². The van der Waals surface area contributed by atoms with Crippen LogP contribution >= 0.6 is 15.9 Å². The Morgan fingerprint density at radius 3 is 2.82 bits per heavy atom. The van der Waals surface area contributed by atoms with Gasteiger partial charge in [-0.2, -0.15) is 10.4 Å². The molecule has 6 heteroatoms. The second kappa shape index (κ2) is 4.57. The van der Waals surface area contributed by atoms with Crippen molar-refractivity contribution in [3.63, 3.8) is 0 Å². The van der Waals surface area contributed by atoms with Crippen LogP contribution in [0.25, 0.3) is 5.69 Å². The third-order valence-corrected chi connectivity index (χ3v) is 2.92. The Morgan fingerprint density at radius 2 is 2.24 bits per heavy atom. The van der Waals surface area contributed by atoms with Crippen LogP contribution in [-0.2, 0) is 6.54 Å². The second-order valence-corrected chi connectivity index (χ2v) is 4.36. The number of nitrogens with two attached hydrogens (primary N) is 2. The molecule has 5 nitrogen and oxygen atoms in total. The maximum atomic E-state index is 8.84. The summed E-state index contributed by atoms with van der Waals surface area (Å²) >= 11 is 3.38. The molecule has 1 heterocycles. The number of aromatic nitrogens is 2. The standard InChI is InChI=1S/C11H10BrN5/c12-9-2-1-7(4-13)10(3-9)17-11(15)8(5-14)6-16-17/h1-3,6H,4,13,15H2. The van der Waals surface area contributed by atoms with Gasteiger partial charge in [0.1, 0.15) is 17.5 Å². The number of benzene rings is 1. The minimum atomic E-state index is 0.320. The summed E-state index contributed by atoms with van der Waals surface area (Å²) < 4.78 is 2.42. The summed E-state index contributed by atoms with van der Waals surface area (Å²) in [5, 5.41) is 12.9. The average Bonchev–Trinajstić information content (AvgIpc) is 2.70. The zero-order valence-electron chi connectivity index (χ0n) is 8.89. The van der Waals surface area contributed by atoms with Gasteiger partial charge in [0.05, 0.1) is 11.9 Å². The third-order valence-electron chi connectivity index (χ3n) is 2.42. The fraction of sp³-hybridized carbons (Fsp3) is 0.0909. The number of nitriles is 1. The van der Waals surface area contributed by atoms with Crippen molar-refractivity contribution in [1.29, 1.82) is 5.26 Å². The van der Waals surface area contributed by atoms with Crippen LogP contribution in [0.1, 0.15) is 11.1 Å². The van der Waals surface area contributed by atoms with E-state index in [1.54, 1.807) is 0 Å². The van der Waals surface area contributed by atoms with Gasteiger partial charge < -0.3 is 11.5 Å². The molecule has 0 fully saturated rings. The Bertz CT molecular complexity index is 596. The topological polar surface area (TPSA) is 93.6 Å². The monoisotopic (exact) mass is 291 g/mol. The number of rotatable bonds is 2. The number of anilines is 1. The predicted molar refractivity (Wildman–Crippen MR) is 68.3 cm³/mol.